The Hall–Kier alpha value is -0.870. The fourth-order valence-electron chi connectivity index (χ4n) is 3.39. The fraction of sp³-hybridized carbons (Fsp3) is 0.824. The molecular weight excluding hydrogens is 264 g/mol. The Labute approximate surface area is 128 Å². The van der Waals surface area contributed by atoms with Crippen molar-refractivity contribution >= 4 is 5.91 Å². The molecule has 0 radical (unpaired) electrons. The van der Waals surface area contributed by atoms with Crippen LogP contribution in [-0.2, 0) is 4.79 Å². The third kappa shape index (κ3) is 5.79. The topological polar surface area (TPSA) is 52.6 Å². The van der Waals surface area contributed by atoms with Crippen LogP contribution >= 0.6 is 0 Å². The number of hydrogen-bond donors (Lipinski definition) is 2. The Bertz CT molecular complexity index is 355. The van der Waals surface area contributed by atoms with Crippen LogP contribution < -0.4 is 5.32 Å². The van der Waals surface area contributed by atoms with E-state index in [-0.39, 0.29) is 18.6 Å². The molecule has 1 fully saturated rings. The number of nitrogens with zero attached hydrogens (tertiary/aromatic N) is 1. The van der Waals surface area contributed by atoms with E-state index in [0.717, 1.165) is 38.8 Å². The first kappa shape index (κ1) is 16.5. The lowest BCUT2D eigenvalue weighted by Gasteiger charge is -2.27. The van der Waals surface area contributed by atoms with E-state index in [9.17, 15) is 9.90 Å². The number of nitrogens with one attached hydrogen (secondary N) is 1. The lowest BCUT2D eigenvalue weighted by molar-refractivity contribution is -0.122. The van der Waals surface area contributed by atoms with E-state index in [1.807, 2.05) is 0 Å². The number of rotatable bonds is 6. The standard InChI is InChI=1S/C17H30N2O2/c20-14-16-9-5-2-6-12-19(16)13-17(21)18-11-10-15-7-3-1-4-8-15/h7,16,20H,1-6,8-14H2,(H,18,21). The van der Waals surface area contributed by atoms with Crippen molar-refractivity contribution in [2.24, 2.45) is 0 Å². The number of aliphatic hydroxyl groups excluding tert-OH is 1. The van der Waals surface area contributed by atoms with Crippen molar-refractivity contribution < 1.29 is 9.90 Å². The summed E-state index contributed by atoms with van der Waals surface area (Å²) < 4.78 is 0. The highest BCUT2D eigenvalue weighted by atomic mass is 16.3. The van der Waals surface area contributed by atoms with Gasteiger partial charge in [0.1, 0.15) is 0 Å². The highest BCUT2D eigenvalue weighted by Gasteiger charge is 2.22. The lowest BCUT2D eigenvalue weighted by atomic mass is 9.97. The summed E-state index contributed by atoms with van der Waals surface area (Å²) in [7, 11) is 0. The molecule has 1 amide bonds. The number of aliphatic hydroxyl groups is 1. The minimum absolute atomic E-state index is 0.103. The third-order valence-corrected chi connectivity index (χ3v) is 4.71. The van der Waals surface area contributed by atoms with Crippen LogP contribution in [0.4, 0.5) is 0 Å². The molecular formula is C17H30N2O2. The van der Waals surface area contributed by atoms with Gasteiger partial charge in [-0.05, 0) is 51.5 Å². The zero-order chi connectivity index (χ0) is 14.9. The van der Waals surface area contributed by atoms with E-state index in [1.54, 1.807) is 0 Å². The molecule has 120 valence electrons. The Morgan fingerprint density at radius 3 is 2.95 bits per heavy atom. The average Bonchev–Trinajstić information content (AvgIpc) is 2.73. The minimum Gasteiger partial charge on any atom is -0.395 e. The minimum atomic E-state index is 0.103. The molecule has 0 bridgehead atoms. The third-order valence-electron chi connectivity index (χ3n) is 4.71. The molecule has 1 aliphatic heterocycles. The van der Waals surface area contributed by atoms with Crippen molar-refractivity contribution in [3.63, 3.8) is 0 Å². The largest absolute Gasteiger partial charge is 0.395 e. The molecule has 4 heteroatoms. The van der Waals surface area contributed by atoms with Crippen LogP contribution in [0.3, 0.4) is 0 Å². The number of hydrogen-bond acceptors (Lipinski definition) is 3. The van der Waals surface area contributed by atoms with Gasteiger partial charge in [0.15, 0.2) is 0 Å². The van der Waals surface area contributed by atoms with Crippen LogP contribution in [0, 0.1) is 0 Å². The molecule has 0 saturated carbocycles. The summed E-state index contributed by atoms with van der Waals surface area (Å²) in [6, 6.07) is 0.166. The van der Waals surface area contributed by atoms with E-state index < -0.39 is 0 Å². The second-order valence-electron chi connectivity index (χ2n) is 6.36. The van der Waals surface area contributed by atoms with Gasteiger partial charge in [-0.3, -0.25) is 9.69 Å². The zero-order valence-electron chi connectivity index (χ0n) is 13.1. The fourth-order valence-corrected chi connectivity index (χ4v) is 3.39. The molecule has 2 rings (SSSR count). The average molecular weight is 294 g/mol. The molecule has 2 aliphatic rings. The van der Waals surface area contributed by atoms with E-state index >= 15 is 0 Å². The van der Waals surface area contributed by atoms with Gasteiger partial charge in [-0.15, -0.1) is 0 Å². The summed E-state index contributed by atoms with van der Waals surface area (Å²) in [6.45, 7) is 2.29. The Kier molecular flexibility index (Phi) is 7.24. The second-order valence-corrected chi connectivity index (χ2v) is 6.36. The van der Waals surface area contributed by atoms with Crippen LogP contribution in [0.15, 0.2) is 11.6 Å². The zero-order valence-corrected chi connectivity index (χ0v) is 13.1. The van der Waals surface area contributed by atoms with Gasteiger partial charge in [0.25, 0.3) is 0 Å². The predicted octanol–water partition coefficient (Wildman–Crippen LogP) is 2.23. The van der Waals surface area contributed by atoms with E-state index in [1.165, 1.54) is 37.7 Å². The van der Waals surface area contributed by atoms with Gasteiger partial charge in [0, 0.05) is 12.6 Å². The molecule has 1 heterocycles. The van der Waals surface area contributed by atoms with Gasteiger partial charge in [-0.25, -0.2) is 0 Å². The summed E-state index contributed by atoms with van der Waals surface area (Å²) >= 11 is 0. The SMILES string of the molecule is O=C(CN1CCCCCC1CO)NCCC1=CCCCC1. The molecule has 0 spiro atoms. The monoisotopic (exact) mass is 294 g/mol. The van der Waals surface area contributed by atoms with Gasteiger partial charge >= 0.3 is 0 Å². The number of likely N-dealkylation sites (tertiary alicyclic amines) is 1. The van der Waals surface area contributed by atoms with Gasteiger partial charge in [0.2, 0.25) is 5.91 Å². The lowest BCUT2D eigenvalue weighted by Crippen LogP contribution is -2.44. The maximum atomic E-state index is 12.1. The van der Waals surface area contributed by atoms with E-state index in [4.69, 9.17) is 0 Å². The molecule has 0 aromatic carbocycles. The van der Waals surface area contributed by atoms with Crippen molar-refractivity contribution in [3.05, 3.63) is 11.6 Å². The van der Waals surface area contributed by atoms with Crippen LogP contribution in [-0.4, -0.2) is 48.2 Å². The van der Waals surface area contributed by atoms with Gasteiger partial charge in [0.05, 0.1) is 13.2 Å². The first-order chi connectivity index (χ1) is 10.3. The van der Waals surface area contributed by atoms with Gasteiger partial charge < -0.3 is 10.4 Å². The molecule has 21 heavy (non-hydrogen) atoms. The van der Waals surface area contributed by atoms with Crippen molar-refractivity contribution in [1.29, 1.82) is 0 Å². The normalized spacial score (nSPS) is 24.2. The number of carbonyl (C=O) groups excluding carboxylic acids is 1. The summed E-state index contributed by atoms with van der Waals surface area (Å²) in [5.74, 6) is 0.103. The van der Waals surface area contributed by atoms with Gasteiger partial charge in [-0.2, -0.15) is 0 Å². The smallest absolute Gasteiger partial charge is 0.234 e. The molecule has 1 saturated heterocycles. The van der Waals surface area contributed by atoms with Gasteiger partial charge in [-0.1, -0.05) is 24.5 Å². The quantitative estimate of drug-likeness (QED) is 0.739. The Balaban J connectivity index is 1.68. The van der Waals surface area contributed by atoms with Crippen molar-refractivity contribution in [2.45, 2.75) is 63.8 Å². The van der Waals surface area contributed by atoms with E-state index in [0.29, 0.717) is 6.54 Å². The highest BCUT2D eigenvalue weighted by Crippen LogP contribution is 2.19. The second kappa shape index (κ2) is 9.21. The molecule has 2 N–H and O–H groups in total. The van der Waals surface area contributed by atoms with Crippen LogP contribution in [0.25, 0.3) is 0 Å². The van der Waals surface area contributed by atoms with Crippen LogP contribution in [0.1, 0.15) is 57.8 Å². The Morgan fingerprint density at radius 1 is 1.29 bits per heavy atom. The molecule has 0 aromatic heterocycles. The maximum Gasteiger partial charge on any atom is 0.234 e. The summed E-state index contributed by atoms with van der Waals surface area (Å²) in [5, 5.41) is 12.5. The number of carbonyl (C=O) groups is 1. The molecule has 0 aromatic rings. The highest BCUT2D eigenvalue weighted by molar-refractivity contribution is 5.78. The molecule has 1 atom stereocenters. The maximum absolute atomic E-state index is 12.1. The number of allylic oxidation sites excluding steroid dienone is 1. The first-order valence-electron chi connectivity index (χ1n) is 8.59. The van der Waals surface area contributed by atoms with Crippen molar-refractivity contribution in [2.75, 3.05) is 26.2 Å². The summed E-state index contributed by atoms with van der Waals surface area (Å²) in [5.41, 5.74) is 1.50. The van der Waals surface area contributed by atoms with Crippen LogP contribution in [0.5, 0.6) is 0 Å². The summed E-state index contributed by atoms with van der Waals surface area (Å²) in [6.07, 6.45) is 12.9. The predicted molar refractivity (Wildman–Crippen MR) is 85.1 cm³/mol. The van der Waals surface area contributed by atoms with Crippen molar-refractivity contribution in [3.8, 4) is 0 Å². The molecule has 1 unspecified atom stereocenters. The van der Waals surface area contributed by atoms with Crippen LogP contribution in [0.2, 0.25) is 0 Å². The van der Waals surface area contributed by atoms with Crippen molar-refractivity contribution in [1.82, 2.24) is 10.2 Å². The molecule has 1 aliphatic carbocycles. The molecule has 4 nitrogen and oxygen atoms in total. The summed E-state index contributed by atoms with van der Waals surface area (Å²) in [4.78, 5) is 14.2. The Morgan fingerprint density at radius 2 is 2.19 bits per heavy atom. The van der Waals surface area contributed by atoms with E-state index in [2.05, 4.69) is 16.3 Å². The first-order valence-corrected chi connectivity index (χ1v) is 8.59. The number of amides is 1.